The monoisotopic (exact) mass is 276 g/mol. The molecule has 2 rings (SSSR count). The molecule has 1 aromatic heterocycles. The van der Waals surface area contributed by atoms with Crippen LogP contribution in [0.15, 0.2) is 24.3 Å². The van der Waals surface area contributed by atoms with Crippen molar-refractivity contribution in [3.05, 3.63) is 52.6 Å². The first-order chi connectivity index (χ1) is 9.55. The summed E-state index contributed by atoms with van der Waals surface area (Å²) in [6.07, 6.45) is 0.577. The van der Waals surface area contributed by atoms with Gasteiger partial charge < -0.3 is 5.11 Å². The number of aryl methyl sites for hydroxylation is 3. The molecule has 1 aromatic carbocycles. The van der Waals surface area contributed by atoms with Gasteiger partial charge in [-0.3, -0.25) is 4.68 Å². The van der Waals surface area contributed by atoms with Crippen LogP contribution in [-0.2, 0) is 19.4 Å². The molecule has 0 aliphatic carbocycles. The summed E-state index contributed by atoms with van der Waals surface area (Å²) < 4.78 is 15.1. The lowest BCUT2D eigenvalue weighted by molar-refractivity contribution is 0.167. The number of aliphatic hydroxyl groups is 1. The van der Waals surface area contributed by atoms with Gasteiger partial charge in [-0.25, -0.2) is 4.39 Å². The largest absolute Gasteiger partial charge is 0.386 e. The molecule has 0 saturated carbocycles. The average Bonchev–Trinajstić information content (AvgIpc) is 2.86. The normalized spacial score (nSPS) is 12.7. The van der Waals surface area contributed by atoms with Crippen molar-refractivity contribution in [2.45, 2.75) is 46.3 Å². The molecule has 0 saturated heterocycles. The van der Waals surface area contributed by atoms with Crippen LogP contribution >= 0.6 is 0 Å². The molecule has 0 spiro atoms. The molecule has 0 aliphatic rings. The number of aliphatic hydroxyl groups excluding tert-OH is 1. The zero-order chi connectivity index (χ0) is 14.7. The molecule has 20 heavy (non-hydrogen) atoms. The van der Waals surface area contributed by atoms with E-state index in [-0.39, 0.29) is 5.82 Å². The molecule has 0 amide bonds. The van der Waals surface area contributed by atoms with E-state index in [1.54, 1.807) is 6.07 Å². The van der Waals surface area contributed by atoms with Crippen LogP contribution in [0.1, 0.15) is 42.5 Å². The second kappa shape index (κ2) is 6.18. The van der Waals surface area contributed by atoms with E-state index in [1.165, 1.54) is 12.1 Å². The summed E-state index contributed by atoms with van der Waals surface area (Å²) in [5.41, 5.74) is 3.59. The van der Waals surface area contributed by atoms with Crippen molar-refractivity contribution in [3.8, 4) is 0 Å². The molecule has 1 N–H and O–H groups in total. The lowest BCUT2D eigenvalue weighted by Crippen LogP contribution is -2.10. The zero-order valence-corrected chi connectivity index (χ0v) is 12.2. The molecule has 108 valence electrons. The number of hydrogen-bond donors (Lipinski definition) is 1. The molecule has 1 heterocycles. The van der Waals surface area contributed by atoms with E-state index in [0.29, 0.717) is 13.0 Å². The summed E-state index contributed by atoms with van der Waals surface area (Å²) in [6, 6.07) is 6.61. The van der Waals surface area contributed by atoms with E-state index in [4.69, 9.17) is 0 Å². The van der Waals surface area contributed by atoms with Crippen molar-refractivity contribution in [1.82, 2.24) is 9.78 Å². The lowest BCUT2D eigenvalue weighted by atomic mass is 10.0. The van der Waals surface area contributed by atoms with Crippen LogP contribution in [0.3, 0.4) is 0 Å². The topological polar surface area (TPSA) is 38.0 Å². The number of halogens is 1. The number of aromatic nitrogens is 2. The van der Waals surface area contributed by atoms with E-state index in [2.05, 4.69) is 5.10 Å². The predicted molar refractivity (Wildman–Crippen MR) is 77.1 cm³/mol. The first kappa shape index (κ1) is 14.7. The maximum atomic E-state index is 13.3. The minimum absolute atomic E-state index is 0.268. The highest BCUT2D eigenvalue weighted by atomic mass is 19.1. The standard InChI is InChI=1S/C16H21FN2O/c1-4-14-10-15(19(5-2)18-14)16(20)9-12-8-13(17)7-6-11(12)3/h6-8,10,16,20H,4-5,9H2,1-3H3. The Labute approximate surface area is 119 Å². The fourth-order valence-corrected chi connectivity index (χ4v) is 2.35. The smallest absolute Gasteiger partial charge is 0.123 e. The molecule has 0 radical (unpaired) electrons. The minimum Gasteiger partial charge on any atom is -0.386 e. The van der Waals surface area contributed by atoms with Crippen LogP contribution in [0.5, 0.6) is 0 Å². The summed E-state index contributed by atoms with van der Waals surface area (Å²) in [6.45, 7) is 6.68. The molecular formula is C16H21FN2O. The summed E-state index contributed by atoms with van der Waals surface area (Å²) in [5.74, 6) is -0.268. The quantitative estimate of drug-likeness (QED) is 0.910. The van der Waals surface area contributed by atoms with Gasteiger partial charge in [-0.15, -0.1) is 0 Å². The third-order valence-corrected chi connectivity index (χ3v) is 3.59. The van der Waals surface area contributed by atoms with Crippen molar-refractivity contribution >= 4 is 0 Å². The molecule has 4 heteroatoms. The van der Waals surface area contributed by atoms with Crippen LogP contribution in [0.25, 0.3) is 0 Å². The maximum Gasteiger partial charge on any atom is 0.123 e. The molecule has 1 unspecified atom stereocenters. The van der Waals surface area contributed by atoms with E-state index >= 15 is 0 Å². The number of benzene rings is 1. The lowest BCUT2D eigenvalue weighted by Gasteiger charge is -2.14. The van der Waals surface area contributed by atoms with Crippen molar-refractivity contribution in [2.24, 2.45) is 0 Å². The van der Waals surface area contributed by atoms with Crippen LogP contribution < -0.4 is 0 Å². The van der Waals surface area contributed by atoms with E-state index in [9.17, 15) is 9.50 Å². The number of rotatable bonds is 5. The molecule has 3 nitrogen and oxygen atoms in total. The van der Waals surface area contributed by atoms with Crippen LogP contribution in [0, 0.1) is 12.7 Å². The minimum atomic E-state index is -0.664. The van der Waals surface area contributed by atoms with Gasteiger partial charge in [-0.1, -0.05) is 13.0 Å². The van der Waals surface area contributed by atoms with Gasteiger partial charge in [0.05, 0.1) is 17.5 Å². The Morgan fingerprint density at radius 3 is 2.70 bits per heavy atom. The van der Waals surface area contributed by atoms with Gasteiger partial charge in [-0.05, 0) is 49.6 Å². The molecule has 2 aromatic rings. The fourth-order valence-electron chi connectivity index (χ4n) is 2.35. The van der Waals surface area contributed by atoms with E-state index < -0.39 is 6.10 Å². The highest BCUT2D eigenvalue weighted by molar-refractivity contribution is 5.28. The average molecular weight is 276 g/mol. The van der Waals surface area contributed by atoms with Crippen LogP contribution in [0.4, 0.5) is 4.39 Å². The molecule has 0 bridgehead atoms. The zero-order valence-electron chi connectivity index (χ0n) is 12.2. The number of nitrogens with zero attached hydrogens (tertiary/aromatic N) is 2. The first-order valence-electron chi connectivity index (χ1n) is 7.04. The predicted octanol–water partition coefficient (Wildman–Crippen LogP) is 3.19. The SMILES string of the molecule is CCc1cc(C(O)Cc2cc(F)ccc2C)n(CC)n1. The van der Waals surface area contributed by atoms with Crippen molar-refractivity contribution < 1.29 is 9.50 Å². The second-order valence-electron chi connectivity index (χ2n) is 5.02. The highest BCUT2D eigenvalue weighted by Gasteiger charge is 2.16. The first-order valence-corrected chi connectivity index (χ1v) is 7.04. The Kier molecular flexibility index (Phi) is 4.55. The Balaban J connectivity index is 2.25. The Hall–Kier alpha value is -1.68. The van der Waals surface area contributed by atoms with E-state index in [0.717, 1.165) is 28.9 Å². The molecule has 1 atom stereocenters. The maximum absolute atomic E-state index is 13.3. The van der Waals surface area contributed by atoms with Gasteiger partial charge >= 0.3 is 0 Å². The summed E-state index contributed by atoms with van der Waals surface area (Å²) in [5, 5.41) is 14.9. The Morgan fingerprint density at radius 2 is 2.05 bits per heavy atom. The van der Waals surface area contributed by atoms with Crippen LogP contribution in [0.2, 0.25) is 0 Å². The Morgan fingerprint density at radius 1 is 1.30 bits per heavy atom. The van der Waals surface area contributed by atoms with Gasteiger partial charge in [0, 0.05) is 13.0 Å². The van der Waals surface area contributed by atoms with Crippen molar-refractivity contribution in [1.29, 1.82) is 0 Å². The van der Waals surface area contributed by atoms with Gasteiger partial charge in [0.15, 0.2) is 0 Å². The van der Waals surface area contributed by atoms with Crippen molar-refractivity contribution in [3.63, 3.8) is 0 Å². The Bertz CT molecular complexity index is 592. The van der Waals surface area contributed by atoms with Gasteiger partial charge in [0.2, 0.25) is 0 Å². The fraction of sp³-hybridized carbons (Fsp3) is 0.438. The third kappa shape index (κ3) is 3.07. The second-order valence-corrected chi connectivity index (χ2v) is 5.02. The highest BCUT2D eigenvalue weighted by Crippen LogP contribution is 2.22. The van der Waals surface area contributed by atoms with Gasteiger partial charge in [0.1, 0.15) is 5.82 Å². The molecular weight excluding hydrogens is 255 g/mol. The van der Waals surface area contributed by atoms with Gasteiger partial charge in [0.25, 0.3) is 0 Å². The third-order valence-electron chi connectivity index (χ3n) is 3.59. The number of hydrogen-bond acceptors (Lipinski definition) is 2. The van der Waals surface area contributed by atoms with E-state index in [1.807, 2.05) is 31.5 Å². The van der Waals surface area contributed by atoms with Gasteiger partial charge in [-0.2, -0.15) is 5.10 Å². The molecule has 0 aliphatic heterocycles. The molecule has 0 fully saturated rings. The summed E-state index contributed by atoms with van der Waals surface area (Å²) in [7, 11) is 0. The van der Waals surface area contributed by atoms with Crippen LogP contribution in [-0.4, -0.2) is 14.9 Å². The van der Waals surface area contributed by atoms with Crippen molar-refractivity contribution in [2.75, 3.05) is 0 Å². The summed E-state index contributed by atoms with van der Waals surface area (Å²) in [4.78, 5) is 0. The summed E-state index contributed by atoms with van der Waals surface area (Å²) >= 11 is 0.